The lowest BCUT2D eigenvalue weighted by molar-refractivity contribution is -0.688. The van der Waals surface area contributed by atoms with Gasteiger partial charge in [0.1, 0.15) is 5.75 Å². The molecule has 5 rings (SSSR count). The summed E-state index contributed by atoms with van der Waals surface area (Å²) in [6.45, 7) is 3.96. The number of pyridine rings is 1. The predicted octanol–water partition coefficient (Wildman–Crippen LogP) is 5.61. The van der Waals surface area contributed by atoms with Crippen molar-refractivity contribution >= 4 is 11.4 Å². The van der Waals surface area contributed by atoms with E-state index in [1.165, 1.54) is 53.9 Å². The van der Waals surface area contributed by atoms with Crippen LogP contribution in [0.25, 0.3) is 11.1 Å². The third kappa shape index (κ3) is 5.35. The Morgan fingerprint density at radius 1 is 0.758 bits per heavy atom. The normalized spacial score (nSPS) is 13.3. The summed E-state index contributed by atoms with van der Waals surface area (Å²) < 4.78 is 2.24. The summed E-state index contributed by atoms with van der Waals surface area (Å²) in [4.78, 5) is 2.47. The number of nitrogens with zero attached hydrogens (tertiary/aromatic N) is 2. The van der Waals surface area contributed by atoms with Gasteiger partial charge in [0.15, 0.2) is 18.9 Å². The summed E-state index contributed by atoms with van der Waals surface area (Å²) >= 11 is 0. The van der Waals surface area contributed by atoms with Gasteiger partial charge in [0.25, 0.3) is 0 Å². The van der Waals surface area contributed by atoms with E-state index in [0.717, 1.165) is 18.8 Å². The summed E-state index contributed by atoms with van der Waals surface area (Å²) in [5.41, 5.74) is 7.18. The van der Waals surface area contributed by atoms with E-state index < -0.39 is 0 Å². The van der Waals surface area contributed by atoms with E-state index in [9.17, 15) is 5.11 Å². The first-order valence-electron chi connectivity index (χ1n) is 11.7. The number of aromatic nitrogens is 1. The lowest BCUT2D eigenvalue weighted by atomic mass is 10.0. The minimum atomic E-state index is 0.274. The number of benzene rings is 3. The van der Waals surface area contributed by atoms with Crippen LogP contribution in [-0.4, -0.2) is 18.2 Å². The largest absolute Gasteiger partial charge is 0.508 e. The molecule has 4 nitrogen and oxygen atoms in total. The van der Waals surface area contributed by atoms with Gasteiger partial charge in [0.2, 0.25) is 0 Å². The highest BCUT2D eigenvalue weighted by molar-refractivity contribution is 5.64. The van der Waals surface area contributed by atoms with Crippen LogP contribution in [0.2, 0.25) is 0 Å². The van der Waals surface area contributed by atoms with Crippen molar-refractivity contribution in [2.75, 3.05) is 23.3 Å². The molecule has 1 aliphatic heterocycles. The van der Waals surface area contributed by atoms with Gasteiger partial charge >= 0.3 is 0 Å². The molecule has 4 heteroatoms. The smallest absolute Gasteiger partial charge is 0.173 e. The van der Waals surface area contributed by atoms with Crippen LogP contribution in [0.5, 0.6) is 5.75 Å². The van der Waals surface area contributed by atoms with Gasteiger partial charge in [-0.3, -0.25) is 0 Å². The first-order chi connectivity index (χ1) is 16.2. The van der Waals surface area contributed by atoms with E-state index in [-0.39, 0.29) is 5.75 Å². The molecule has 0 radical (unpaired) electrons. The number of rotatable bonds is 7. The Morgan fingerprint density at radius 2 is 1.39 bits per heavy atom. The SMILES string of the molecule is Oc1cccc(NCc2ccc(-c3ccc(C[n+]4ccc(N5CCCC5)cc4)cc3)cc2)c1. The number of hydrogen-bond donors (Lipinski definition) is 2. The van der Waals surface area contributed by atoms with E-state index in [1.807, 2.05) is 12.1 Å². The molecule has 0 atom stereocenters. The molecule has 4 aromatic rings. The van der Waals surface area contributed by atoms with Gasteiger partial charge in [0, 0.05) is 54.8 Å². The standard InChI is InChI=1S/C29H29N3O/c33-29-5-3-4-27(20-29)30-21-23-6-10-25(11-7-23)26-12-8-24(9-13-26)22-31-18-14-28(15-19-31)32-16-1-2-17-32/h3-15,18-20,30H,1-2,16-17,21-22H2/p+1. The van der Waals surface area contributed by atoms with Gasteiger partial charge in [0.05, 0.1) is 0 Å². The second-order valence-electron chi connectivity index (χ2n) is 8.72. The van der Waals surface area contributed by atoms with Crippen molar-refractivity contribution in [1.29, 1.82) is 0 Å². The van der Waals surface area contributed by atoms with Crippen molar-refractivity contribution in [1.82, 2.24) is 0 Å². The molecule has 1 aromatic heterocycles. The fraction of sp³-hybridized carbons (Fsp3) is 0.207. The van der Waals surface area contributed by atoms with Crippen LogP contribution in [0.15, 0.2) is 97.3 Å². The van der Waals surface area contributed by atoms with Crippen LogP contribution in [-0.2, 0) is 13.1 Å². The quantitative estimate of drug-likeness (QED) is 0.370. The molecule has 33 heavy (non-hydrogen) atoms. The van der Waals surface area contributed by atoms with Gasteiger partial charge in [-0.25, -0.2) is 4.57 Å². The number of phenolic OH excluding ortho intramolecular Hbond substituents is 1. The highest BCUT2D eigenvalue weighted by atomic mass is 16.3. The highest BCUT2D eigenvalue weighted by Gasteiger charge is 2.13. The van der Waals surface area contributed by atoms with Gasteiger partial charge in [-0.05, 0) is 41.7 Å². The number of aromatic hydroxyl groups is 1. The van der Waals surface area contributed by atoms with Gasteiger partial charge in [-0.15, -0.1) is 0 Å². The molecule has 2 N–H and O–H groups in total. The van der Waals surface area contributed by atoms with Crippen LogP contribution in [0, 0.1) is 0 Å². The minimum absolute atomic E-state index is 0.274. The van der Waals surface area contributed by atoms with Crippen LogP contribution in [0.1, 0.15) is 24.0 Å². The summed E-state index contributed by atoms with van der Waals surface area (Å²) in [6, 6.07) is 29.1. The fourth-order valence-corrected chi connectivity index (χ4v) is 4.39. The molecule has 1 aliphatic rings. The molecular weight excluding hydrogens is 406 g/mol. The van der Waals surface area contributed by atoms with Crippen molar-refractivity contribution in [3.63, 3.8) is 0 Å². The predicted molar refractivity (Wildman–Crippen MR) is 134 cm³/mol. The number of hydrogen-bond acceptors (Lipinski definition) is 3. The van der Waals surface area contributed by atoms with Gasteiger partial charge in [-0.1, -0.05) is 54.6 Å². The Morgan fingerprint density at radius 3 is 2.03 bits per heavy atom. The molecular formula is C29H30N3O+. The molecule has 3 aromatic carbocycles. The number of phenols is 1. The van der Waals surface area contributed by atoms with Crippen molar-refractivity contribution < 1.29 is 9.67 Å². The Bertz CT molecular complexity index is 1180. The maximum Gasteiger partial charge on any atom is 0.173 e. The molecule has 0 unspecified atom stereocenters. The molecule has 2 heterocycles. The third-order valence-corrected chi connectivity index (χ3v) is 6.29. The van der Waals surface area contributed by atoms with E-state index >= 15 is 0 Å². The van der Waals surface area contributed by atoms with Gasteiger partial charge in [-0.2, -0.15) is 0 Å². The first-order valence-corrected chi connectivity index (χ1v) is 11.7. The molecule has 0 aliphatic carbocycles. The van der Waals surface area contributed by atoms with Crippen LogP contribution < -0.4 is 14.8 Å². The monoisotopic (exact) mass is 436 g/mol. The second kappa shape index (κ2) is 9.78. The maximum atomic E-state index is 9.58. The van der Waals surface area contributed by atoms with E-state index in [1.54, 1.807) is 12.1 Å². The zero-order valence-electron chi connectivity index (χ0n) is 18.8. The van der Waals surface area contributed by atoms with Crippen molar-refractivity contribution in [3.8, 4) is 16.9 Å². The topological polar surface area (TPSA) is 39.4 Å². The summed E-state index contributed by atoms with van der Waals surface area (Å²) in [5, 5.41) is 12.9. The van der Waals surface area contributed by atoms with Crippen LogP contribution >= 0.6 is 0 Å². The Labute approximate surface area is 195 Å². The summed E-state index contributed by atoms with van der Waals surface area (Å²) in [5.74, 6) is 0.274. The molecule has 0 amide bonds. The summed E-state index contributed by atoms with van der Waals surface area (Å²) in [6.07, 6.45) is 6.98. The zero-order chi connectivity index (χ0) is 22.5. The third-order valence-electron chi connectivity index (χ3n) is 6.29. The average molecular weight is 437 g/mol. The Balaban J connectivity index is 1.18. The second-order valence-corrected chi connectivity index (χ2v) is 8.72. The highest BCUT2D eigenvalue weighted by Crippen LogP contribution is 2.22. The number of anilines is 2. The summed E-state index contributed by atoms with van der Waals surface area (Å²) in [7, 11) is 0. The van der Waals surface area contributed by atoms with E-state index in [4.69, 9.17) is 0 Å². The maximum absolute atomic E-state index is 9.58. The molecule has 0 saturated carbocycles. The molecule has 1 fully saturated rings. The Hall–Kier alpha value is -3.79. The molecule has 1 saturated heterocycles. The minimum Gasteiger partial charge on any atom is -0.508 e. The zero-order valence-corrected chi connectivity index (χ0v) is 18.8. The first kappa shape index (κ1) is 21.1. The average Bonchev–Trinajstić information content (AvgIpc) is 3.39. The lowest BCUT2D eigenvalue weighted by Gasteiger charge is -2.16. The molecule has 0 spiro atoms. The fourth-order valence-electron chi connectivity index (χ4n) is 4.39. The van der Waals surface area contributed by atoms with Gasteiger partial charge < -0.3 is 15.3 Å². The van der Waals surface area contributed by atoms with E-state index in [2.05, 4.69) is 87.8 Å². The molecule has 0 bridgehead atoms. The number of nitrogens with one attached hydrogen (secondary N) is 1. The van der Waals surface area contributed by atoms with E-state index in [0.29, 0.717) is 0 Å². The molecule has 166 valence electrons. The van der Waals surface area contributed by atoms with Crippen molar-refractivity contribution in [2.24, 2.45) is 0 Å². The van der Waals surface area contributed by atoms with Crippen LogP contribution in [0.3, 0.4) is 0 Å². The Kier molecular flexibility index (Phi) is 6.25. The van der Waals surface area contributed by atoms with Crippen molar-refractivity contribution in [3.05, 3.63) is 108 Å². The lowest BCUT2D eigenvalue weighted by Crippen LogP contribution is -2.33. The van der Waals surface area contributed by atoms with Crippen LogP contribution in [0.4, 0.5) is 11.4 Å². The van der Waals surface area contributed by atoms with Crippen molar-refractivity contribution in [2.45, 2.75) is 25.9 Å².